The van der Waals surface area contributed by atoms with E-state index in [1.807, 2.05) is 24.3 Å². The van der Waals surface area contributed by atoms with E-state index in [1.54, 1.807) is 36.4 Å². The lowest BCUT2D eigenvalue weighted by Crippen LogP contribution is -2.50. The van der Waals surface area contributed by atoms with Crippen molar-refractivity contribution in [1.29, 1.82) is 0 Å². The van der Waals surface area contributed by atoms with Crippen molar-refractivity contribution in [2.45, 2.75) is 17.7 Å². The molecule has 0 unspecified atom stereocenters. The molecule has 0 aliphatic carbocycles. The number of hydrogen-bond acceptors (Lipinski definition) is 6. The molecular weight excluding hydrogens is 466 g/mol. The van der Waals surface area contributed by atoms with E-state index < -0.39 is 10.0 Å². The third kappa shape index (κ3) is 5.21. The molecule has 174 valence electrons. The van der Waals surface area contributed by atoms with E-state index in [-0.39, 0.29) is 35.3 Å². The Labute approximate surface area is 197 Å². The van der Waals surface area contributed by atoms with Crippen molar-refractivity contribution in [2.24, 2.45) is 0 Å². The highest BCUT2D eigenvalue weighted by Gasteiger charge is 2.31. The maximum absolute atomic E-state index is 12.9. The lowest BCUT2D eigenvalue weighted by atomic mass is 10.2. The highest BCUT2D eigenvalue weighted by molar-refractivity contribution is 7.89. The molecule has 1 aliphatic heterocycles. The molecule has 3 aromatic rings. The number of carbonyl (C=O) groups excluding carboxylic acids is 1. The number of hydrogen-bond donors (Lipinski definition) is 0. The maximum Gasteiger partial charge on any atom is 0.244 e. The summed E-state index contributed by atoms with van der Waals surface area (Å²) in [6, 6.07) is 13.8. The summed E-state index contributed by atoms with van der Waals surface area (Å²) in [6.45, 7) is 1.09. The maximum atomic E-state index is 12.9. The third-order valence-electron chi connectivity index (χ3n) is 5.53. The molecule has 1 aromatic heterocycles. The van der Waals surface area contributed by atoms with Crippen LogP contribution in [0.4, 0.5) is 0 Å². The molecule has 0 atom stereocenters. The first kappa shape index (κ1) is 23.3. The van der Waals surface area contributed by atoms with Crippen molar-refractivity contribution >= 4 is 27.5 Å². The molecule has 10 heteroatoms. The summed E-state index contributed by atoms with van der Waals surface area (Å²) in [5.74, 6) is 1.80. The summed E-state index contributed by atoms with van der Waals surface area (Å²) in [6.07, 6.45) is 2.24. The van der Waals surface area contributed by atoms with E-state index in [0.29, 0.717) is 31.2 Å². The number of ether oxygens (including phenoxy) is 1. The second kappa shape index (κ2) is 9.94. The number of halogens is 1. The van der Waals surface area contributed by atoms with Gasteiger partial charge >= 0.3 is 0 Å². The fourth-order valence-electron chi connectivity index (χ4n) is 3.66. The predicted octanol–water partition coefficient (Wildman–Crippen LogP) is 3.47. The van der Waals surface area contributed by atoms with Crippen LogP contribution in [-0.4, -0.2) is 61.8 Å². The number of nitrogens with zero attached hydrogens (tertiary/aromatic N) is 3. The summed E-state index contributed by atoms with van der Waals surface area (Å²) in [5.41, 5.74) is 0.872. The Hall–Kier alpha value is -2.88. The molecule has 33 heavy (non-hydrogen) atoms. The molecule has 8 nitrogen and oxygen atoms in total. The van der Waals surface area contributed by atoms with Crippen LogP contribution >= 0.6 is 11.6 Å². The topological polar surface area (TPSA) is 93.0 Å². The summed E-state index contributed by atoms with van der Waals surface area (Å²) >= 11 is 6.07. The molecule has 0 radical (unpaired) electrons. The molecule has 1 fully saturated rings. The van der Waals surface area contributed by atoms with Crippen molar-refractivity contribution in [3.8, 4) is 17.1 Å². The number of rotatable bonds is 7. The molecule has 2 heterocycles. The Bertz CT molecular complexity index is 1220. The molecule has 0 saturated carbocycles. The lowest BCUT2D eigenvalue weighted by Gasteiger charge is -2.34. The van der Waals surface area contributed by atoms with Crippen molar-refractivity contribution in [2.75, 3.05) is 33.3 Å². The van der Waals surface area contributed by atoms with Crippen LogP contribution in [0.3, 0.4) is 0 Å². The van der Waals surface area contributed by atoms with E-state index in [2.05, 4.69) is 4.98 Å². The lowest BCUT2D eigenvalue weighted by molar-refractivity contribution is -0.132. The summed E-state index contributed by atoms with van der Waals surface area (Å²) in [4.78, 5) is 18.7. The average Bonchev–Trinajstić information content (AvgIpc) is 3.32. The van der Waals surface area contributed by atoms with Gasteiger partial charge in [-0.1, -0.05) is 23.7 Å². The molecule has 0 bridgehead atoms. The number of sulfonamides is 1. The van der Waals surface area contributed by atoms with E-state index >= 15 is 0 Å². The van der Waals surface area contributed by atoms with Gasteiger partial charge in [0.25, 0.3) is 0 Å². The van der Waals surface area contributed by atoms with Crippen LogP contribution in [0.25, 0.3) is 11.3 Å². The smallest absolute Gasteiger partial charge is 0.244 e. The van der Waals surface area contributed by atoms with Crippen LogP contribution in [-0.2, 0) is 21.2 Å². The quantitative estimate of drug-likeness (QED) is 0.504. The van der Waals surface area contributed by atoms with Crippen molar-refractivity contribution < 1.29 is 22.4 Å². The van der Waals surface area contributed by atoms with Crippen LogP contribution in [0.2, 0.25) is 5.02 Å². The fourth-order valence-corrected chi connectivity index (χ4v) is 5.57. The van der Waals surface area contributed by atoms with Gasteiger partial charge in [-0.25, -0.2) is 13.4 Å². The van der Waals surface area contributed by atoms with Crippen LogP contribution in [0, 0.1) is 0 Å². The minimum atomic E-state index is -3.69. The largest absolute Gasteiger partial charge is 0.497 e. The number of amides is 1. The number of benzene rings is 2. The normalized spacial score (nSPS) is 14.9. The zero-order valence-electron chi connectivity index (χ0n) is 18.1. The number of methoxy groups -OCH3 is 1. The first-order valence-electron chi connectivity index (χ1n) is 10.5. The number of carbonyl (C=O) groups is 1. The Morgan fingerprint density at radius 1 is 1.09 bits per heavy atom. The number of oxazole rings is 1. The molecule has 1 amide bonds. The average molecular weight is 490 g/mol. The van der Waals surface area contributed by atoms with Gasteiger partial charge < -0.3 is 14.1 Å². The fraction of sp³-hybridized carbons (Fsp3) is 0.304. The van der Waals surface area contributed by atoms with E-state index in [4.69, 9.17) is 20.8 Å². The van der Waals surface area contributed by atoms with Gasteiger partial charge in [0.1, 0.15) is 10.6 Å². The van der Waals surface area contributed by atoms with Gasteiger partial charge in [0.15, 0.2) is 11.7 Å². The predicted molar refractivity (Wildman–Crippen MR) is 124 cm³/mol. The Kier molecular flexibility index (Phi) is 7.02. The third-order valence-corrected chi connectivity index (χ3v) is 7.93. The van der Waals surface area contributed by atoms with Gasteiger partial charge in [0.05, 0.1) is 18.3 Å². The summed E-state index contributed by atoms with van der Waals surface area (Å²) in [5, 5.41) is 0.191. The molecule has 0 N–H and O–H groups in total. The molecular formula is C23H24ClN3O5S. The minimum absolute atomic E-state index is 0.0611. The van der Waals surface area contributed by atoms with Gasteiger partial charge in [-0.05, 0) is 36.4 Å². The van der Waals surface area contributed by atoms with Crippen molar-refractivity contribution in [3.63, 3.8) is 0 Å². The van der Waals surface area contributed by atoms with Gasteiger partial charge in [-0.3, -0.25) is 4.79 Å². The SMILES string of the molecule is COc1ccc(-c2cnc(CCC(=O)N3CCN(S(=O)(=O)c4ccccc4Cl)CC3)o2)cc1. The molecule has 2 aromatic carbocycles. The Balaban J connectivity index is 1.30. The van der Waals surface area contributed by atoms with Crippen LogP contribution in [0.5, 0.6) is 5.75 Å². The van der Waals surface area contributed by atoms with Crippen molar-refractivity contribution in [3.05, 3.63) is 65.6 Å². The Morgan fingerprint density at radius 2 is 1.79 bits per heavy atom. The van der Waals surface area contributed by atoms with Crippen LogP contribution in [0.15, 0.2) is 64.0 Å². The standard InChI is InChI=1S/C23H24ClN3O5S/c1-31-18-8-6-17(7-9-18)20-16-25-22(32-20)10-11-23(28)26-12-14-27(15-13-26)33(29,30)21-5-3-2-4-19(21)24/h2-9,16H,10-15H2,1H3. The first-order chi connectivity index (χ1) is 15.9. The van der Waals surface area contributed by atoms with Gasteiger partial charge in [-0.2, -0.15) is 4.31 Å². The van der Waals surface area contributed by atoms with E-state index in [9.17, 15) is 13.2 Å². The second-order valence-corrected chi connectivity index (χ2v) is 9.88. The zero-order valence-corrected chi connectivity index (χ0v) is 19.7. The monoisotopic (exact) mass is 489 g/mol. The first-order valence-corrected chi connectivity index (χ1v) is 12.3. The van der Waals surface area contributed by atoms with E-state index in [0.717, 1.165) is 11.3 Å². The summed E-state index contributed by atoms with van der Waals surface area (Å²) in [7, 11) is -2.09. The molecule has 1 saturated heterocycles. The molecule has 4 rings (SSSR count). The van der Waals surface area contributed by atoms with Gasteiger partial charge in [-0.15, -0.1) is 0 Å². The van der Waals surface area contributed by atoms with Crippen LogP contribution < -0.4 is 4.74 Å². The van der Waals surface area contributed by atoms with Gasteiger partial charge in [0, 0.05) is 44.6 Å². The van der Waals surface area contributed by atoms with Gasteiger partial charge in [0.2, 0.25) is 15.9 Å². The zero-order chi connectivity index (χ0) is 23.4. The molecule has 0 spiro atoms. The number of piperazine rings is 1. The van der Waals surface area contributed by atoms with E-state index in [1.165, 1.54) is 10.4 Å². The number of aryl methyl sites for hydroxylation is 1. The summed E-state index contributed by atoms with van der Waals surface area (Å²) < 4.78 is 38.0. The van der Waals surface area contributed by atoms with Crippen LogP contribution in [0.1, 0.15) is 12.3 Å². The van der Waals surface area contributed by atoms with Crippen molar-refractivity contribution in [1.82, 2.24) is 14.2 Å². The molecule has 1 aliphatic rings. The minimum Gasteiger partial charge on any atom is -0.497 e. The second-order valence-electron chi connectivity index (χ2n) is 7.56. The highest BCUT2D eigenvalue weighted by Crippen LogP contribution is 2.26. The number of aromatic nitrogens is 1. The highest BCUT2D eigenvalue weighted by atomic mass is 35.5. The Morgan fingerprint density at radius 3 is 2.45 bits per heavy atom.